The van der Waals surface area contributed by atoms with Crippen LogP contribution in [0.1, 0.15) is 18.4 Å². The van der Waals surface area contributed by atoms with Crippen LogP contribution >= 0.6 is 12.2 Å². The minimum Gasteiger partial charge on any atom is -0.232 e. The SMILES string of the molecule is S=C=NCC1(c2ccccc2)CC1. The Kier molecular flexibility index (Phi) is 2.26. The van der Waals surface area contributed by atoms with Crippen molar-refractivity contribution in [3.8, 4) is 0 Å². The van der Waals surface area contributed by atoms with Crippen LogP contribution in [0.15, 0.2) is 35.3 Å². The summed E-state index contributed by atoms with van der Waals surface area (Å²) in [6.45, 7) is 0.806. The first-order valence-corrected chi connectivity index (χ1v) is 4.87. The highest BCUT2D eigenvalue weighted by Crippen LogP contribution is 2.48. The van der Waals surface area contributed by atoms with Crippen LogP contribution < -0.4 is 0 Å². The maximum Gasteiger partial charge on any atom is 0.0589 e. The number of aliphatic imine (C=N–C) groups is 1. The number of hydrogen-bond acceptors (Lipinski definition) is 2. The summed E-state index contributed by atoms with van der Waals surface area (Å²) < 4.78 is 0. The van der Waals surface area contributed by atoms with E-state index in [2.05, 4.69) is 46.6 Å². The molecule has 13 heavy (non-hydrogen) atoms. The van der Waals surface area contributed by atoms with Gasteiger partial charge in [-0.2, -0.15) is 0 Å². The largest absolute Gasteiger partial charge is 0.232 e. The lowest BCUT2D eigenvalue weighted by Gasteiger charge is -2.10. The van der Waals surface area contributed by atoms with E-state index in [4.69, 9.17) is 0 Å². The smallest absolute Gasteiger partial charge is 0.0589 e. The Balaban J connectivity index is 2.21. The number of thiocarbonyl (C=S) groups is 1. The summed E-state index contributed by atoms with van der Waals surface area (Å²) in [6, 6.07) is 10.5. The maximum absolute atomic E-state index is 4.58. The average Bonchev–Trinajstić information content (AvgIpc) is 2.97. The van der Waals surface area contributed by atoms with Crippen molar-refractivity contribution in [3.63, 3.8) is 0 Å². The van der Waals surface area contributed by atoms with Gasteiger partial charge in [-0.05, 0) is 30.6 Å². The Bertz CT molecular complexity index is 334. The molecule has 1 saturated carbocycles. The second kappa shape index (κ2) is 3.41. The minimum absolute atomic E-state index is 0.299. The van der Waals surface area contributed by atoms with Crippen LogP contribution in [-0.2, 0) is 5.41 Å². The number of benzene rings is 1. The van der Waals surface area contributed by atoms with Crippen molar-refractivity contribution in [2.45, 2.75) is 18.3 Å². The Morgan fingerprint density at radius 1 is 1.31 bits per heavy atom. The predicted octanol–water partition coefficient (Wildman–Crippen LogP) is 2.82. The minimum atomic E-state index is 0.299. The van der Waals surface area contributed by atoms with E-state index in [-0.39, 0.29) is 0 Å². The Labute approximate surface area is 83.5 Å². The third-order valence-corrected chi connectivity index (χ3v) is 2.82. The zero-order valence-corrected chi connectivity index (χ0v) is 8.18. The van der Waals surface area contributed by atoms with Gasteiger partial charge in [-0.25, -0.2) is 4.99 Å². The van der Waals surface area contributed by atoms with E-state index in [0.29, 0.717) is 5.41 Å². The molecule has 1 aliphatic carbocycles. The van der Waals surface area contributed by atoms with Crippen molar-refractivity contribution < 1.29 is 0 Å². The van der Waals surface area contributed by atoms with Gasteiger partial charge < -0.3 is 0 Å². The van der Waals surface area contributed by atoms with Crippen LogP contribution in [0.4, 0.5) is 0 Å². The summed E-state index contributed by atoms with van der Waals surface area (Å²) in [5.41, 5.74) is 1.69. The molecule has 1 aromatic rings. The first-order valence-electron chi connectivity index (χ1n) is 4.47. The Morgan fingerprint density at radius 3 is 2.54 bits per heavy atom. The van der Waals surface area contributed by atoms with Gasteiger partial charge in [0.25, 0.3) is 0 Å². The van der Waals surface area contributed by atoms with Crippen molar-refractivity contribution in [1.82, 2.24) is 0 Å². The summed E-state index contributed by atoms with van der Waals surface area (Å²) in [5, 5.41) is 2.44. The van der Waals surface area contributed by atoms with Crippen LogP contribution in [0.5, 0.6) is 0 Å². The molecule has 0 saturated heterocycles. The average molecular weight is 189 g/mol. The summed E-state index contributed by atoms with van der Waals surface area (Å²) >= 11 is 4.58. The molecule has 2 heteroatoms. The molecule has 1 nitrogen and oxygen atoms in total. The molecule has 0 atom stereocenters. The lowest BCUT2D eigenvalue weighted by Crippen LogP contribution is -2.10. The molecule has 66 valence electrons. The Morgan fingerprint density at radius 2 is 2.00 bits per heavy atom. The number of isothiocyanates is 1. The van der Waals surface area contributed by atoms with Crippen molar-refractivity contribution in [1.29, 1.82) is 0 Å². The third-order valence-electron chi connectivity index (χ3n) is 2.69. The van der Waals surface area contributed by atoms with Gasteiger partial charge in [-0.1, -0.05) is 30.3 Å². The Hall–Kier alpha value is -0.980. The van der Waals surface area contributed by atoms with E-state index in [1.165, 1.54) is 18.4 Å². The molecule has 0 heterocycles. The molecule has 0 aliphatic heterocycles. The molecular weight excluding hydrogens is 178 g/mol. The van der Waals surface area contributed by atoms with Crippen LogP contribution in [0.25, 0.3) is 0 Å². The highest BCUT2D eigenvalue weighted by molar-refractivity contribution is 7.78. The van der Waals surface area contributed by atoms with Crippen LogP contribution in [0.3, 0.4) is 0 Å². The summed E-state index contributed by atoms with van der Waals surface area (Å²) in [6.07, 6.45) is 2.47. The number of hydrogen-bond donors (Lipinski definition) is 0. The molecule has 0 bridgehead atoms. The maximum atomic E-state index is 4.58. The van der Waals surface area contributed by atoms with E-state index >= 15 is 0 Å². The second-order valence-corrected chi connectivity index (χ2v) is 3.74. The zero-order valence-electron chi connectivity index (χ0n) is 7.36. The van der Waals surface area contributed by atoms with Gasteiger partial charge in [-0.3, -0.25) is 0 Å². The van der Waals surface area contributed by atoms with E-state index in [1.807, 2.05) is 6.07 Å². The highest BCUT2D eigenvalue weighted by atomic mass is 32.1. The molecular formula is C11H11NS. The highest BCUT2D eigenvalue weighted by Gasteiger charge is 2.43. The fourth-order valence-electron chi connectivity index (χ4n) is 1.66. The van der Waals surface area contributed by atoms with E-state index in [0.717, 1.165) is 6.54 Å². The van der Waals surface area contributed by atoms with Gasteiger partial charge in [0.05, 0.1) is 11.7 Å². The quantitative estimate of drug-likeness (QED) is 0.526. The summed E-state index contributed by atoms with van der Waals surface area (Å²) in [7, 11) is 0. The van der Waals surface area contributed by atoms with Crippen LogP contribution in [0, 0.1) is 0 Å². The van der Waals surface area contributed by atoms with Crippen LogP contribution in [0.2, 0.25) is 0 Å². The van der Waals surface area contributed by atoms with E-state index in [1.54, 1.807) is 0 Å². The summed E-state index contributed by atoms with van der Waals surface area (Å²) in [4.78, 5) is 4.05. The van der Waals surface area contributed by atoms with Crippen LogP contribution in [-0.4, -0.2) is 11.7 Å². The fourth-order valence-corrected chi connectivity index (χ4v) is 1.73. The second-order valence-electron chi connectivity index (χ2n) is 3.55. The van der Waals surface area contributed by atoms with E-state index < -0.39 is 0 Å². The molecule has 0 spiro atoms. The normalized spacial score (nSPS) is 17.5. The molecule has 1 fully saturated rings. The molecule has 2 rings (SSSR count). The fraction of sp³-hybridized carbons (Fsp3) is 0.364. The molecule has 1 aromatic carbocycles. The third kappa shape index (κ3) is 1.69. The molecule has 0 aromatic heterocycles. The molecule has 0 radical (unpaired) electrons. The van der Waals surface area contributed by atoms with Crippen molar-refractivity contribution in [2.24, 2.45) is 4.99 Å². The topological polar surface area (TPSA) is 12.4 Å². The monoisotopic (exact) mass is 189 g/mol. The standard InChI is InChI=1S/C11H11NS/c13-9-12-8-11(6-7-11)10-4-2-1-3-5-10/h1-5H,6-8H2. The van der Waals surface area contributed by atoms with Gasteiger partial charge in [0.15, 0.2) is 0 Å². The number of nitrogens with zero attached hydrogens (tertiary/aromatic N) is 1. The molecule has 0 amide bonds. The summed E-state index contributed by atoms with van der Waals surface area (Å²) in [5.74, 6) is 0. The van der Waals surface area contributed by atoms with Gasteiger partial charge >= 0.3 is 0 Å². The first kappa shape index (κ1) is 8.61. The van der Waals surface area contributed by atoms with Gasteiger partial charge in [0.1, 0.15) is 0 Å². The van der Waals surface area contributed by atoms with Crippen molar-refractivity contribution in [3.05, 3.63) is 35.9 Å². The number of rotatable bonds is 3. The van der Waals surface area contributed by atoms with E-state index in [9.17, 15) is 0 Å². The van der Waals surface area contributed by atoms with Crippen molar-refractivity contribution >= 4 is 17.4 Å². The molecule has 0 unspecified atom stereocenters. The van der Waals surface area contributed by atoms with Gasteiger partial charge in [-0.15, -0.1) is 0 Å². The predicted molar refractivity (Wildman–Crippen MR) is 57.2 cm³/mol. The first-order chi connectivity index (χ1) is 6.37. The van der Waals surface area contributed by atoms with Gasteiger partial charge in [0.2, 0.25) is 0 Å². The lowest BCUT2D eigenvalue weighted by molar-refractivity contribution is 0.709. The van der Waals surface area contributed by atoms with Gasteiger partial charge in [0, 0.05) is 5.41 Å². The molecule has 0 N–H and O–H groups in total. The zero-order chi connectivity index (χ0) is 9.15. The lowest BCUT2D eigenvalue weighted by atomic mass is 9.96. The molecule has 1 aliphatic rings. The van der Waals surface area contributed by atoms with Crippen molar-refractivity contribution in [2.75, 3.05) is 6.54 Å².